The highest BCUT2D eigenvalue weighted by Gasteiger charge is 2.29. The number of amides is 3. The summed E-state index contributed by atoms with van der Waals surface area (Å²) in [7, 11) is 0. The molecule has 1 N–H and O–H groups in total. The lowest BCUT2D eigenvalue weighted by atomic mass is 9.94. The number of thiophene rings is 1. The van der Waals surface area contributed by atoms with Gasteiger partial charge in [0.05, 0.1) is 17.3 Å². The summed E-state index contributed by atoms with van der Waals surface area (Å²) in [6, 6.07) is 18.6. The fraction of sp³-hybridized carbons (Fsp3) is 0.333. The number of benzene rings is 2. The van der Waals surface area contributed by atoms with Crippen LogP contribution in [0.3, 0.4) is 0 Å². The second-order valence-electron chi connectivity index (χ2n) is 8.79. The Morgan fingerprint density at radius 1 is 0.943 bits per heavy atom. The van der Waals surface area contributed by atoms with Crippen LogP contribution in [0.15, 0.2) is 66.0 Å². The zero-order valence-corrected chi connectivity index (χ0v) is 21.8. The molecule has 1 aromatic heterocycles. The first-order valence-corrected chi connectivity index (χ1v) is 13.5. The van der Waals surface area contributed by atoms with Crippen molar-refractivity contribution in [2.24, 2.45) is 0 Å². The molecule has 0 saturated heterocycles. The Hall–Kier alpha value is -2.54. The molecule has 184 valence electrons. The van der Waals surface area contributed by atoms with Gasteiger partial charge < -0.3 is 15.1 Å². The van der Waals surface area contributed by atoms with Crippen molar-refractivity contribution in [1.82, 2.24) is 9.80 Å². The van der Waals surface area contributed by atoms with Gasteiger partial charge in [-0.05, 0) is 48.1 Å². The van der Waals surface area contributed by atoms with Crippen LogP contribution in [0.25, 0.3) is 0 Å². The van der Waals surface area contributed by atoms with Crippen LogP contribution >= 0.6 is 34.5 Å². The van der Waals surface area contributed by atoms with Crippen LogP contribution in [0.2, 0.25) is 10.0 Å². The molecule has 1 aliphatic carbocycles. The highest BCUT2D eigenvalue weighted by atomic mass is 35.5. The summed E-state index contributed by atoms with van der Waals surface area (Å²) in [4.78, 5) is 31.7. The van der Waals surface area contributed by atoms with E-state index in [9.17, 15) is 9.59 Å². The third kappa shape index (κ3) is 7.23. The van der Waals surface area contributed by atoms with Crippen molar-refractivity contribution in [3.05, 3.63) is 86.5 Å². The number of hydrogen-bond donors (Lipinski definition) is 1. The summed E-state index contributed by atoms with van der Waals surface area (Å²) in [6.07, 6.45) is 5.03. The fourth-order valence-corrected chi connectivity index (χ4v) is 5.58. The van der Waals surface area contributed by atoms with E-state index in [2.05, 4.69) is 5.32 Å². The van der Waals surface area contributed by atoms with Crippen LogP contribution in [0.4, 0.5) is 10.5 Å². The number of carbonyl (C=O) groups is 2. The van der Waals surface area contributed by atoms with Crippen molar-refractivity contribution in [3.63, 3.8) is 0 Å². The molecule has 5 nitrogen and oxygen atoms in total. The zero-order valence-electron chi connectivity index (χ0n) is 19.5. The lowest BCUT2D eigenvalue weighted by Gasteiger charge is -2.35. The molecule has 0 spiro atoms. The standard InChI is InChI=1S/C27H29Cl2N3O2S/c28-21-13-14-25(24(29)16-21)30-27(34)32(22-10-5-2-6-11-22)19-26(33)31(18-23-12-7-15-35-23)17-20-8-3-1-4-9-20/h1,3-4,7-9,12-16,22H,2,5-6,10-11,17-19H2,(H,30,34). The summed E-state index contributed by atoms with van der Waals surface area (Å²) in [5.74, 6) is -0.0785. The van der Waals surface area contributed by atoms with Crippen LogP contribution in [0.5, 0.6) is 0 Å². The third-order valence-corrected chi connectivity index (χ3v) is 7.66. The molecule has 35 heavy (non-hydrogen) atoms. The molecule has 3 amide bonds. The van der Waals surface area contributed by atoms with Crippen LogP contribution < -0.4 is 5.32 Å². The van der Waals surface area contributed by atoms with Gasteiger partial charge in [0.15, 0.2) is 0 Å². The van der Waals surface area contributed by atoms with E-state index in [0.717, 1.165) is 42.5 Å². The summed E-state index contributed by atoms with van der Waals surface area (Å²) < 4.78 is 0. The summed E-state index contributed by atoms with van der Waals surface area (Å²) >= 11 is 13.9. The van der Waals surface area contributed by atoms with Gasteiger partial charge in [-0.25, -0.2) is 4.79 Å². The molecule has 4 rings (SSSR count). The van der Waals surface area contributed by atoms with E-state index >= 15 is 0 Å². The first kappa shape index (κ1) is 25.5. The number of nitrogens with one attached hydrogen (secondary N) is 1. The number of halogens is 2. The molecule has 1 aliphatic rings. The Morgan fingerprint density at radius 2 is 1.71 bits per heavy atom. The Bertz CT molecular complexity index is 1120. The molecule has 3 aromatic rings. The molecule has 0 radical (unpaired) electrons. The normalized spacial score (nSPS) is 13.9. The SMILES string of the molecule is O=C(CN(C(=O)Nc1ccc(Cl)cc1Cl)C1CCCCC1)N(Cc1ccccc1)Cc1cccs1. The Morgan fingerprint density at radius 3 is 2.40 bits per heavy atom. The number of anilines is 1. The number of carbonyl (C=O) groups excluding carboxylic acids is 2. The van der Waals surface area contributed by atoms with E-state index in [4.69, 9.17) is 23.2 Å². The molecule has 0 atom stereocenters. The first-order chi connectivity index (χ1) is 17.0. The van der Waals surface area contributed by atoms with Crippen molar-refractivity contribution >= 4 is 52.2 Å². The predicted octanol–water partition coefficient (Wildman–Crippen LogP) is 7.45. The van der Waals surface area contributed by atoms with Gasteiger partial charge in [0.1, 0.15) is 6.54 Å². The number of hydrogen-bond acceptors (Lipinski definition) is 3. The van der Waals surface area contributed by atoms with E-state index in [1.807, 2.05) is 52.7 Å². The van der Waals surface area contributed by atoms with E-state index in [1.54, 1.807) is 34.4 Å². The minimum absolute atomic E-state index is 0.0130. The predicted molar refractivity (Wildman–Crippen MR) is 144 cm³/mol. The Kier molecular flexibility index (Phi) is 9.07. The summed E-state index contributed by atoms with van der Waals surface area (Å²) in [5, 5.41) is 5.78. The maximum absolute atomic E-state index is 13.7. The minimum atomic E-state index is -0.315. The van der Waals surface area contributed by atoms with E-state index in [0.29, 0.717) is 28.8 Å². The van der Waals surface area contributed by atoms with Gasteiger partial charge in [-0.15, -0.1) is 11.3 Å². The molecule has 1 saturated carbocycles. The van der Waals surface area contributed by atoms with Gasteiger partial charge in [0.25, 0.3) is 0 Å². The average molecular weight is 531 g/mol. The molecule has 0 unspecified atom stereocenters. The molecular formula is C27H29Cl2N3O2S. The van der Waals surface area contributed by atoms with Crippen molar-refractivity contribution in [3.8, 4) is 0 Å². The maximum atomic E-state index is 13.7. The highest BCUT2D eigenvalue weighted by Crippen LogP contribution is 2.28. The monoisotopic (exact) mass is 529 g/mol. The van der Waals surface area contributed by atoms with Gasteiger partial charge in [0.2, 0.25) is 5.91 Å². The number of urea groups is 1. The molecule has 0 aliphatic heterocycles. The molecule has 0 bridgehead atoms. The van der Waals surface area contributed by atoms with Crippen molar-refractivity contribution in [2.75, 3.05) is 11.9 Å². The average Bonchev–Trinajstić information content (AvgIpc) is 3.38. The van der Waals surface area contributed by atoms with E-state index < -0.39 is 0 Å². The third-order valence-electron chi connectivity index (χ3n) is 6.25. The van der Waals surface area contributed by atoms with Crippen LogP contribution in [0, 0.1) is 0 Å². The Balaban J connectivity index is 1.54. The molecule has 8 heteroatoms. The second kappa shape index (κ2) is 12.4. The smallest absolute Gasteiger partial charge is 0.322 e. The van der Waals surface area contributed by atoms with Gasteiger partial charge >= 0.3 is 6.03 Å². The second-order valence-corrected chi connectivity index (χ2v) is 10.7. The van der Waals surface area contributed by atoms with Gasteiger partial charge in [-0.1, -0.05) is 78.9 Å². The highest BCUT2D eigenvalue weighted by molar-refractivity contribution is 7.09. The lowest BCUT2D eigenvalue weighted by molar-refractivity contribution is -0.133. The summed E-state index contributed by atoms with van der Waals surface area (Å²) in [5.41, 5.74) is 1.54. The van der Waals surface area contributed by atoms with Gasteiger partial charge in [-0.2, -0.15) is 0 Å². The molecule has 1 heterocycles. The topological polar surface area (TPSA) is 52.7 Å². The zero-order chi connectivity index (χ0) is 24.6. The summed E-state index contributed by atoms with van der Waals surface area (Å²) in [6.45, 7) is 1.01. The molecular weight excluding hydrogens is 501 g/mol. The molecule has 2 aromatic carbocycles. The van der Waals surface area contributed by atoms with Gasteiger partial charge in [0, 0.05) is 22.5 Å². The first-order valence-electron chi connectivity index (χ1n) is 11.9. The quantitative estimate of drug-likeness (QED) is 0.329. The van der Waals surface area contributed by atoms with Gasteiger partial charge in [-0.3, -0.25) is 4.79 Å². The lowest BCUT2D eigenvalue weighted by Crippen LogP contribution is -2.49. The number of nitrogens with zero attached hydrogens (tertiary/aromatic N) is 2. The van der Waals surface area contributed by atoms with Crippen LogP contribution in [0.1, 0.15) is 42.5 Å². The van der Waals surface area contributed by atoms with E-state index in [-0.39, 0.29) is 24.5 Å². The van der Waals surface area contributed by atoms with Crippen LogP contribution in [-0.4, -0.2) is 34.3 Å². The van der Waals surface area contributed by atoms with E-state index in [1.165, 1.54) is 0 Å². The molecule has 1 fully saturated rings. The van der Waals surface area contributed by atoms with Crippen molar-refractivity contribution < 1.29 is 9.59 Å². The minimum Gasteiger partial charge on any atom is -0.332 e. The van der Waals surface area contributed by atoms with Crippen molar-refractivity contribution in [1.29, 1.82) is 0 Å². The maximum Gasteiger partial charge on any atom is 0.322 e. The fourth-order valence-electron chi connectivity index (χ4n) is 4.41. The van der Waals surface area contributed by atoms with Crippen LogP contribution in [-0.2, 0) is 17.9 Å². The van der Waals surface area contributed by atoms with Crippen molar-refractivity contribution in [2.45, 2.75) is 51.2 Å². The number of rotatable bonds is 8. The largest absolute Gasteiger partial charge is 0.332 e. The Labute approximate surface area is 220 Å².